The van der Waals surface area contributed by atoms with E-state index >= 15 is 0 Å². The van der Waals surface area contributed by atoms with Crippen molar-refractivity contribution in [3.05, 3.63) is 70.0 Å². The first-order chi connectivity index (χ1) is 12.2. The van der Waals surface area contributed by atoms with Crippen molar-refractivity contribution in [2.45, 2.75) is 39.3 Å². The number of halogens is 1. The van der Waals surface area contributed by atoms with Crippen molar-refractivity contribution in [1.82, 2.24) is 15.5 Å². The Morgan fingerprint density at radius 1 is 1.04 bits per heavy atom. The van der Waals surface area contributed by atoms with Crippen molar-refractivity contribution in [2.75, 3.05) is 0 Å². The lowest BCUT2D eigenvalue weighted by Gasteiger charge is -2.16. The topological polar surface area (TPSA) is 51.0 Å². The Balaban J connectivity index is 1.65. The molecule has 0 unspecified atom stereocenters. The molecule has 1 heterocycles. The summed E-state index contributed by atoms with van der Waals surface area (Å²) in [4.78, 5) is 4.50. The summed E-state index contributed by atoms with van der Waals surface area (Å²) in [7, 11) is 0. The highest BCUT2D eigenvalue weighted by Crippen LogP contribution is 2.21. The molecule has 1 atom stereocenters. The van der Waals surface area contributed by atoms with Crippen LogP contribution in [0.3, 0.4) is 0 Å². The first-order valence-electron chi connectivity index (χ1n) is 8.60. The normalized spacial score (nSPS) is 12.3. The van der Waals surface area contributed by atoms with Crippen LogP contribution in [0.5, 0.6) is 0 Å². The smallest absolute Gasteiger partial charge is 0.240 e. The van der Waals surface area contributed by atoms with Gasteiger partial charge in [0.05, 0.1) is 6.54 Å². The van der Waals surface area contributed by atoms with Crippen LogP contribution in [0.2, 0.25) is 0 Å². The van der Waals surface area contributed by atoms with Crippen LogP contribution in [0.4, 0.5) is 0 Å². The van der Waals surface area contributed by atoms with Crippen molar-refractivity contribution in [1.29, 1.82) is 0 Å². The van der Waals surface area contributed by atoms with Crippen molar-refractivity contribution in [3.63, 3.8) is 0 Å². The summed E-state index contributed by atoms with van der Waals surface area (Å²) >= 11 is 3.47. The molecule has 5 heteroatoms. The second-order valence-electron chi connectivity index (χ2n) is 5.96. The van der Waals surface area contributed by atoms with Gasteiger partial charge in [0, 0.05) is 16.1 Å². The van der Waals surface area contributed by atoms with Crippen LogP contribution in [-0.4, -0.2) is 10.1 Å². The maximum atomic E-state index is 5.39. The maximum absolute atomic E-state index is 5.39. The molecule has 0 radical (unpaired) electrons. The summed E-state index contributed by atoms with van der Waals surface area (Å²) in [6.07, 6.45) is 2.01. The van der Waals surface area contributed by atoms with Gasteiger partial charge in [-0.15, -0.1) is 0 Å². The van der Waals surface area contributed by atoms with Gasteiger partial charge in [-0.1, -0.05) is 71.3 Å². The molecule has 130 valence electrons. The number of aryl methyl sites for hydroxylation is 1. The highest BCUT2D eigenvalue weighted by atomic mass is 79.9. The lowest BCUT2D eigenvalue weighted by atomic mass is 10.0. The molecule has 0 saturated heterocycles. The fourth-order valence-electron chi connectivity index (χ4n) is 2.74. The molecule has 0 fully saturated rings. The van der Waals surface area contributed by atoms with Crippen molar-refractivity contribution in [3.8, 4) is 11.4 Å². The van der Waals surface area contributed by atoms with Gasteiger partial charge < -0.3 is 9.84 Å². The predicted molar refractivity (Wildman–Crippen MR) is 103 cm³/mol. The highest BCUT2D eigenvalue weighted by molar-refractivity contribution is 9.10. The molecule has 0 aliphatic heterocycles. The molecule has 3 rings (SSSR count). The van der Waals surface area contributed by atoms with Crippen LogP contribution in [-0.2, 0) is 13.0 Å². The number of nitrogens with one attached hydrogen (secondary N) is 1. The Morgan fingerprint density at radius 2 is 1.76 bits per heavy atom. The Morgan fingerprint density at radius 3 is 2.40 bits per heavy atom. The van der Waals surface area contributed by atoms with E-state index in [-0.39, 0.29) is 6.04 Å². The van der Waals surface area contributed by atoms with E-state index in [2.05, 4.69) is 81.6 Å². The Kier molecular flexibility index (Phi) is 6.00. The Labute approximate surface area is 156 Å². The molecule has 0 amide bonds. The van der Waals surface area contributed by atoms with Crippen LogP contribution >= 0.6 is 15.9 Å². The second kappa shape index (κ2) is 8.41. The van der Waals surface area contributed by atoms with Crippen LogP contribution in [0, 0.1) is 0 Å². The third kappa shape index (κ3) is 4.55. The minimum absolute atomic E-state index is 0.257. The average Bonchev–Trinajstić information content (AvgIpc) is 3.12. The zero-order chi connectivity index (χ0) is 17.6. The Bertz CT molecular complexity index is 797. The summed E-state index contributed by atoms with van der Waals surface area (Å²) in [5.74, 6) is 1.24. The molecule has 0 saturated carbocycles. The fraction of sp³-hybridized carbons (Fsp3) is 0.300. The predicted octanol–water partition coefficient (Wildman–Crippen LogP) is 5.30. The first-order valence-corrected chi connectivity index (χ1v) is 9.39. The molecule has 1 aromatic heterocycles. The molecule has 2 aromatic carbocycles. The van der Waals surface area contributed by atoms with Gasteiger partial charge in [0.1, 0.15) is 0 Å². The zero-order valence-electron chi connectivity index (χ0n) is 14.5. The lowest BCUT2D eigenvalue weighted by molar-refractivity contribution is 0.356. The van der Waals surface area contributed by atoms with Crippen molar-refractivity contribution < 1.29 is 4.52 Å². The van der Waals surface area contributed by atoms with E-state index in [1.54, 1.807) is 0 Å². The number of rotatable bonds is 7. The first kappa shape index (κ1) is 17.8. The van der Waals surface area contributed by atoms with E-state index in [9.17, 15) is 0 Å². The highest BCUT2D eigenvalue weighted by Gasteiger charge is 2.12. The lowest BCUT2D eigenvalue weighted by Crippen LogP contribution is -2.20. The fourth-order valence-corrected chi connectivity index (χ4v) is 3.00. The van der Waals surface area contributed by atoms with Crippen LogP contribution in [0.15, 0.2) is 57.5 Å². The number of hydrogen-bond acceptors (Lipinski definition) is 4. The van der Waals surface area contributed by atoms with Crippen molar-refractivity contribution in [2.24, 2.45) is 0 Å². The standard InChI is InChI=1S/C20H22BrN3O/c1-3-14-5-7-16(8-6-14)20-23-19(25-24-20)13-22-18(4-2)15-9-11-17(21)12-10-15/h5-12,18,22H,3-4,13H2,1-2H3/t18-/m1/s1. The van der Waals surface area contributed by atoms with E-state index in [0.717, 1.165) is 22.9 Å². The van der Waals surface area contributed by atoms with E-state index < -0.39 is 0 Å². The van der Waals surface area contributed by atoms with Crippen molar-refractivity contribution >= 4 is 15.9 Å². The second-order valence-corrected chi connectivity index (χ2v) is 6.87. The van der Waals surface area contributed by atoms with E-state index in [1.165, 1.54) is 11.1 Å². The summed E-state index contributed by atoms with van der Waals surface area (Å²) in [5.41, 5.74) is 3.53. The Hall–Kier alpha value is -1.98. The zero-order valence-corrected chi connectivity index (χ0v) is 16.1. The third-order valence-corrected chi connectivity index (χ3v) is 4.80. The summed E-state index contributed by atoms with van der Waals surface area (Å²) in [5, 5.41) is 7.59. The van der Waals surface area contributed by atoms with Gasteiger partial charge in [0.25, 0.3) is 0 Å². The molecular weight excluding hydrogens is 378 g/mol. The van der Waals surface area contributed by atoms with Crippen LogP contribution in [0.1, 0.15) is 43.3 Å². The van der Waals surface area contributed by atoms with Gasteiger partial charge in [0.2, 0.25) is 11.7 Å². The molecule has 25 heavy (non-hydrogen) atoms. The molecule has 0 bridgehead atoms. The van der Waals surface area contributed by atoms with Crippen LogP contribution in [0.25, 0.3) is 11.4 Å². The third-order valence-electron chi connectivity index (χ3n) is 4.27. The number of hydrogen-bond donors (Lipinski definition) is 1. The SMILES string of the molecule is CCc1ccc(-c2noc(CN[C@H](CC)c3ccc(Br)cc3)n2)cc1. The van der Waals surface area contributed by atoms with E-state index in [4.69, 9.17) is 4.52 Å². The van der Waals surface area contributed by atoms with E-state index in [1.807, 2.05) is 12.1 Å². The average molecular weight is 400 g/mol. The largest absolute Gasteiger partial charge is 0.338 e. The molecule has 1 N–H and O–H groups in total. The summed E-state index contributed by atoms with van der Waals surface area (Å²) in [6.45, 7) is 4.85. The maximum Gasteiger partial charge on any atom is 0.240 e. The molecule has 0 spiro atoms. The minimum Gasteiger partial charge on any atom is -0.338 e. The van der Waals surface area contributed by atoms with Gasteiger partial charge in [-0.2, -0.15) is 4.98 Å². The molecule has 0 aliphatic rings. The van der Waals surface area contributed by atoms with Gasteiger partial charge in [-0.3, -0.25) is 0 Å². The van der Waals surface area contributed by atoms with Gasteiger partial charge in [0.15, 0.2) is 0 Å². The summed E-state index contributed by atoms with van der Waals surface area (Å²) < 4.78 is 6.48. The van der Waals surface area contributed by atoms with Gasteiger partial charge >= 0.3 is 0 Å². The van der Waals surface area contributed by atoms with Gasteiger partial charge in [-0.25, -0.2) is 0 Å². The molecule has 3 aromatic rings. The number of benzene rings is 2. The summed E-state index contributed by atoms with van der Waals surface area (Å²) in [6, 6.07) is 16.9. The number of aromatic nitrogens is 2. The van der Waals surface area contributed by atoms with Gasteiger partial charge in [-0.05, 0) is 36.1 Å². The van der Waals surface area contributed by atoms with E-state index in [0.29, 0.717) is 18.3 Å². The monoisotopic (exact) mass is 399 g/mol. The molecule has 0 aliphatic carbocycles. The number of nitrogens with zero attached hydrogens (tertiary/aromatic N) is 2. The minimum atomic E-state index is 0.257. The molecular formula is C20H22BrN3O. The quantitative estimate of drug-likeness (QED) is 0.585. The molecule has 4 nitrogen and oxygen atoms in total. The van der Waals surface area contributed by atoms with Crippen LogP contribution < -0.4 is 5.32 Å².